The van der Waals surface area contributed by atoms with Gasteiger partial charge in [0.15, 0.2) is 0 Å². The molecule has 0 aromatic rings. The Morgan fingerprint density at radius 1 is 1.28 bits per heavy atom. The van der Waals surface area contributed by atoms with Gasteiger partial charge >= 0.3 is 0 Å². The molecular formula is C16H23NO. The number of amides is 1. The van der Waals surface area contributed by atoms with E-state index >= 15 is 0 Å². The molecule has 2 aliphatic rings. The molecule has 2 rings (SSSR count). The minimum absolute atomic E-state index is 0.302. The molecule has 18 heavy (non-hydrogen) atoms. The maximum absolute atomic E-state index is 12.0. The van der Waals surface area contributed by atoms with Crippen molar-refractivity contribution in [3.8, 4) is 0 Å². The number of hydrogen-bond donors (Lipinski definition) is 0. The van der Waals surface area contributed by atoms with Gasteiger partial charge in [-0.3, -0.25) is 4.79 Å². The molecule has 1 saturated carbocycles. The van der Waals surface area contributed by atoms with E-state index < -0.39 is 0 Å². The van der Waals surface area contributed by atoms with E-state index in [1.807, 2.05) is 11.0 Å². The highest BCUT2D eigenvalue weighted by Crippen LogP contribution is 2.31. The molecule has 2 aliphatic carbocycles. The minimum Gasteiger partial charge on any atom is -0.335 e. The van der Waals surface area contributed by atoms with E-state index in [1.54, 1.807) is 0 Å². The molecule has 0 saturated heterocycles. The quantitative estimate of drug-likeness (QED) is 0.657. The molecule has 0 N–H and O–H groups in total. The zero-order chi connectivity index (χ0) is 12.8. The molecule has 0 bridgehead atoms. The Morgan fingerprint density at radius 3 is 2.72 bits per heavy atom. The van der Waals surface area contributed by atoms with Gasteiger partial charge in [0, 0.05) is 19.0 Å². The Bertz CT molecular complexity index is 352. The topological polar surface area (TPSA) is 20.3 Å². The Kier molecular flexibility index (Phi) is 4.80. The molecule has 0 aromatic heterocycles. The van der Waals surface area contributed by atoms with E-state index in [2.05, 4.69) is 30.9 Å². The van der Waals surface area contributed by atoms with Gasteiger partial charge in [0.25, 0.3) is 0 Å². The third-order valence-corrected chi connectivity index (χ3v) is 3.63. The fraction of sp³-hybridized carbons (Fsp3) is 0.562. The van der Waals surface area contributed by atoms with Gasteiger partial charge < -0.3 is 4.90 Å². The molecule has 1 amide bonds. The molecule has 1 fully saturated rings. The summed E-state index contributed by atoms with van der Waals surface area (Å²) >= 11 is 0. The first-order chi connectivity index (χ1) is 8.81. The first kappa shape index (κ1) is 13.1. The van der Waals surface area contributed by atoms with Crippen LogP contribution in [0.3, 0.4) is 0 Å². The maximum atomic E-state index is 12.0. The third kappa shape index (κ3) is 3.86. The van der Waals surface area contributed by atoms with Crippen molar-refractivity contribution in [1.29, 1.82) is 0 Å². The van der Waals surface area contributed by atoms with Gasteiger partial charge in [-0.15, -0.1) is 6.58 Å². The zero-order valence-corrected chi connectivity index (χ0v) is 11.1. The molecule has 2 heteroatoms. The van der Waals surface area contributed by atoms with E-state index in [9.17, 15) is 4.79 Å². The second kappa shape index (κ2) is 6.58. The van der Waals surface area contributed by atoms with Crippen molar-refractivity contribution in [2.75, 3.05) is 13.1 Å². The molecule has 2 nitrogen and oxygen atoms in total. The van der Waals surface area contributed by atoms with Crippen LogP contribution in [0.1, 0.15) is 32.1 Å². The summed E-state index contributed by atoms with van der Waals surface area (Å²) in [6.45, 7) is 5.14. The highest BCUT2D eigenvalue weighted by molar-refractivity contribution is 5.81. The van der Waals surface area contributed by atoms with Crippen molar-refractivity contribution in [2.24, 2.45) is 11.8 Å². The largest absolute Gasteiger partial charge is 0.335 e. The average molecular weight is 245 g/mol. The van der Waals surface area contributed by atoms with Crippen LogP contribution in [-0.2, 0) is 4.79 Å². The first-order valence-electron chi connectivity index (χ1n) is 7.02. The summed E-state index contributed by atoms with van der Waals surface area (Å²) in [4.78, 5) is 13.9. The van der Waals surface area contributed by atoms with Crippen molar-refractivity contribution >= 4 is 5.91 Å². The number of allylic oxidation sites excluding steroid dienone is 3. The van der Waals surface area contributed by atoms with E-state index in [-0.39, 0.29) is 0 Å². The smallest absolute Gasteiger partial charge is 0.226 e. The Balaban J connectivity index is 1.80. The van der Waals surface area contributed by atoms with Crippen LogP contribution in [0.4, 0.5) is 0 Å². The highest BCUT2D eigenvalue weighted by Gasteiger charge is 2.32. The second-order valence-electron chi connectivity index (χ2n) is 5.28. The number of hydrogen-bond acceptors (Lipinski definition) is 1. The number of carbonyl (C=O) groups is 1. The van der Waals surface area contributed by atoms with Crippen LogP contribution in [0.25, 0.3) is 0 Å². The Labute approximate surface area is 110 Å². The lowest BCUT2D eigenvalue weighted by Gasteiger charge is -2.20. The van der Waals surface area contributed by atoms with Crippen LogP contribution >= 0.6 is 0 Å². The van der Waals surface area contributed by atoms with Crippen LogP contribution in [-0.4, -0.2) is 23.9 Å². The summed E-state index contributed by atoms with van der Waals surface area (Å²) in [6.07, 6.45) is 16.5. The number of rotatable bonds is 6. The van der Waals surface area contributed by atoms with Crippen molar-refractivity contribution < 1.29 is 4.79 Å². The summed E-state index contributed by atoms with van der Waals surface area (Å²) < 4.78 is 0. The fourth-order valence-electron chi connectivity index (χ4n) is 2.37. The van der Waals surface area contributed by atoms with Crippen molar-refractivity contribution in [3.05, 3.63) is 37.0 Å². The maximum Gasteiger partial charge on any atom is 0.226 e. The minimum atomic E-state index is 0.302. The van der Waals surface area contributed by atoms with Crippen LogP contribution in [0.15, 0.2) is 37.0 Å². The van der Waals surface area contributed by atoms with Crippen molar-refractivity contribution in [3.63, 3.8) is 0 Å². The Hall–Kier alpha value is -1.31. The number of carbonyl (C=O) groups excluding carboxylic acids is 1. The average Bonchev–Trinajstić information content (AvgIpc) is 3.22. The van der Waals surface area contributed by atoms with E-state index in [4.69, 9.17) is 0 Å². The molecule has 0 aromatic carbocycles. The molecule has 0 radical (unpaired) electrons. The van der Waals surface area contributed by atoms with E-state index in [0.717, 1.165) is 25.8 Å². The van der Waals surface area contributed by atoms with Crippen LogP contribution in [0.2, 0.25) is 0 Å². The lowest BCUT2D eigenvalue weighted by Crippen LogP contribution is -2.32. The van der Waals surface area contributed by atoms with Crippen molar-refractivity contribution in [1.82, 2.24) is 4.90 Å². The van der Waals surface area contributed by atoms with Crippen LogP contribution in [0.5, 0.6) is 0 Å². The van der Waals surface area contributed by atoms with Gasteiger partial charge in [-0.25, -0.2) is 0 Å². The summed E-state index contributed by atoms with van der Waals surface area (Å²) in [6, 6.07) is 0. The SMILES string of the molecule is C=CCN(C/C=C\C1CC=CCC1)C(=O)C1CC1. The predicted octanol–water partition coefficient (Wildman–Crippen LogP) is 3.32. The lowest BCUT2D eigenvalue weighted by molar-refractivity contribution is -0.131. The summed E-state index contributed by atoms with van der Waals surface area (Å²) in [5, 5.41) is 0. The molecule has 1 unspecified atom stereocenters. The third-order valence-electron chi connectivity index (χ3n) is 3.63. The normalized spacial score (nSPS) is 23.2. The molecule has 98 valence electrons. The lowest BCUT2D eigenvalue weighted by atomic mass is 9.94. The summed E-state index contributed by atoms with van der Waals surface area (Å²) in [5.74, 6) is 1.27. The van der Waals surface area contributed by atoms with Gasteiger partial charge in [-0.1, -0.05) is 30.4 Å². The van der Waals surface area contributed by atoms with Gasteiger partial charge in [0.2, 0.25) is 5.91 Å². The predicted molar refractivity (Wildman–Crippen MR) is 75.1 cm³/mol. The molecule has 1 atom stereocenters. The highest BCUT2D eigenvalue weighted by atomic mass is 16.2. The fourth-order valence-corrected chi connectivity index (χ4v) is 2.37. The molecule has 0 aliphatic heterocycles. The van der Waals surface area contributed by atoms with Crippen LogP contribution in [0, 0.1) is 11.8 Å². The van der Waals surface area contributed by atoms with Gasteiger partial charge in [-0.05, 0) is 38.0 Å². The summed E-state index contributed by atoms with van der Waals surface area (Å²) in [5.41, 5.74) is 0. The molecule has 0 heterocycles. The van der Waals surface area contributed by atoms with E-state index in [1.165, 1.54) is 12.8 Å². The van der Waals surface area contributed by atoms with Crippen molar-refractivity contribution in [2.45, 2.75) is 32.1 Å². The second-order valence-corrected chi connectivity index (χ2v) is 5.28. The monoisotopic (exact) mass is 245 g/mol. The molecular weight excluding hydrogens is 222 g/mol. The van der Waals surface area contributed by atoms with E-state index in [0.29, 0.717) is 24.3 Å². The first-order valence-corrected chi connectivity index (χ1v) is 7.02. The summed E-state index contributed by atoms with van der Waals surface area (Å²) in [7, 11) is 0. The standard InChI is InChI=1S/C16H23NO/c1-2-12-17(16(18)15-10-11-15)13-6-9-14-7-4-3-5-8-14/h2-4,6,9,14-15H,1,5,7-8,10-13H2/b9-6-. The number of nitrogens with zero attached hydrogens (tertiary/aromatic N) is 1. The molecule has 0 spiro atoms. The van der Waals surface area contributed by atoms with Gasteiger partial charge in [0.1, 0.15) is 0 Å². The van der Waals surface area contributed by atoms with Gasteiger partial charge in [-0.2, -0.15) is 0 Å². The zero-order valence-electron chi connectivity index (χ0n) is 11.1. The Morgan fingerprint density at radius 2 is 2.11 bits per heavy atom. The van der Waals surface area contributed by atoms with Gasteiger partial charge in [0.05, 0.1) is 0 Å². The van der Waals surface area contributed by atoms with Crippen LogP contribution < -0.4 is 0 Å².